The first-order chi connectivity index (χ1) is 10.3. The Hall–Kier alpha value is -2.21. The Morgan fingerprint density at radius 2 is 2.05 bits per heavy atom. The Kier molecular flexibility index (Phi) is 2.96. The summed E-state index contributed by atoms with van der Waals surface area (Å²) in [5.74, 6) is 1.57. The lowest BCUT2D eigenvalue weighted by molar-refractivity contribution is 0.174. The molecule has 106 valence electrons. The zero-order chi connectivity index (χ0) is 14.2. The Morgan fingerprint density at radius 3 is 2.95 bits per heavy atom. The Balaban J connectivity index is 1.56. The standard InChI is InChI=1S/C15H12BrN3O2/c16-12-5-15-14(20-8-21-15)4-9(12)6-17-11-1-2-13-10(3-11)7-18-19-13/h1-5,7,17H,6,8H2,(H,18,19). The fourth-order valence-electron chi connectivity index (χ4n) is 2.34. The number of benzene rings is 2. The van der Waals surface area contributed by atoms with Gasteiger partial charge in [0.15, 0.2) is 11.5 Å². The molecular formula is C15H12BrN3O2. The molecule has 0 atom stereocenters. The molecule has 0 aliphatic carbocycles. The quantitative estimate of drug-likeness (QED) is 0.760. The van der Waals surface area contributed by atoms with Crippen molar-refractivity contribution in [2.45, 2.75) is 6.54 Å². The lowest BCUT2D eigenvalue weighted by Gasteiger charge is -2.09. The van der Waals surface area contributed by atoms with Gasteiger partial charge in [0.05, 0.1) is 11.7 Å². The van der Waals surface area contributed by atoms with Gasteiger partial charge in [-0.05, 0) is 35.9 Å². The maximum absolute atomic E-state index is 5.41. The maximum Gasteiger partial charge on any atom is 0.231 e. The largest absolute Gasteiger partial charge is 0.454 e. The average Bonchev–Trinajstić information content (AvgIpc) is 3.12. The minimum atomic E-state index is 0.288. The Morgan fingerprint density at radius 1 is 1.19 bits per heavy atom. The van der Waals surface area contributed by atoms with Crippen LogP contribution in [0, 0.1) is 0 Å². The molecule has 5 nitrogen and oxygen atoms in total. The second kappa shape index (κ2) is 4.96. The van der Waals surface area contributed by atoms with Crippen LogP contribution >= 0.6 is 15.9 Å². The first-order valence-electron chi connectivity index (χ1n) is 6.54. The monoisotopic (exact) mass is 345 g/mol. The van der Waals surface area contributed by atoms with E-state index in [1.807, 2.05) is 30.5 Å². The summed E-state index contributed by atoms with van der Waals surface area (Å²) in [6.45, 7) is 0.983. The maximum atomic E-state index is 5.41. The molecule has 0 radical (unpaired) electrons. The van der Waals surface area contributed by atoms with Crippen molar-refractivity contribution in [1.82, 2.24) is 10.2 Å². The molecule has 0 saturated heterocycles. The highest BCUT2D eigenvalue weighted by molar-refractivity contribution is 9.10. The third-order valence-electron chi connectivity index (χ3n) is 3.46. The summed E-state index contributed by atoms with van der Waals surface area (Å²) in [5.41, 5.74) is 3.20. The number of nitrogens with one attached hydrogen (secondary N) is 2. The van der Waals surface area contributed by atoms with Crippen molar-refractivity contribution in [2.24, 2.45) is 0 Å². The van der Waals surface area contributed by atoms with E-state index in [-0.39, 0.29) is 6.79 Å². The number of nitrogens with zero attached hydrogens (tertiary/aromatic N) is 1. The first kappa shape index (κ1) is 12.5. The van der Waals surface area contributed by atoms with Gasteiger partial charge < -0.3 is 14.8 Å². The van der Waals surface area contributed by atoms with Gasteiger partial charge in [-0.25, -0.2) is 0 Å². The predicted molar refractivity (Wildman–Crippen MR) is 83.7 cm³/mol. The molecule has 1 aromatic heterocycles. The molecule has 1 aliphatic rings. The highest BCUT2D eigenvalue weighted by atomic mass is 79.9. The summed E-state index contributed by atoms with van der Waals surface area (Å²) in [6.07, 6.45) is 1.82. The summed E-state index contributed by atoms with van der Waals surface area (Å²) in [6, 6.07) is 10.1. The van der Waals surface area contributed by atoms with Crippen molar-refractivity contribution in [1.29, 1.82) is 0 Å². The smallest absolute Gasteiger partial charge is 0.231 e. The predicted octanol–water partition coefficient (Wildman–Crippen LogP) is 3.67. The average molecular weight is 346 g/mol. The van der Waals surface area contributed by atoms with Crippen LogP contribution in [0.15, 0.2) is 41.0 Å². The molecule has 0 spiro atoms. The van der Waals surface area contributed by atoms with Crippen LogP contribution in [0.3, 0.4) is 0 Å². The van der Waals surface area contributed by atoms with E-state index >= 15 is 0 Å². The minimum Gasteiger partial charge on any atom is -0.454 e. The number of anilines is 1. The molecule has 2 heterocycles. The molecule has 6 heteroatoms. The molecule has 2 N–H and O–H groups in total. The number of hydrogen-bond acceptors (Lipinski definition) is 4. The molecule has 2 aromatic carbocycles. The number of fused-ring (bicyclic) bond motifs is 2. The summed E-state index contributed by atoms with van der Waals surface area (Å²) < 4.78 is 11.8. The van der Waals surface area contributed by atoms with E-state index in [2.05, 4.69) is 37.5 Å². The number of aromatic amines is 1. The minimum absolute atomic E-state index is 0.288. The van der Waals surface area contributed by atoms with Crippen LogP contribution in [0.25, 0.3) is 10.9 Å². The van der Waals surface area contributed by atoms with Crippen LogP contribution in [0.5, 0.6) is 11.5 Å². The highest BCUT2D eigenvalue weighted by Crippen LogP contribution is 2.37. The lowest BCUT2D eigenvalue weighted by atomic mass is 10.2. The normalized spacial score (nSPS) is 12.8. The van der Waals surface area contributed by atoms with Crippen LogP contribution in [0.4, 0.5) is 5.69 Å². The van der Waals surface area contributed by atoms with Crippen LogP contribution in [0.2, 0.25) is 0 Å². The van der Waals surface area contributed by atoms with Crippen molar-refractivity contribution in [3.8, 4) is 11.5 Å². The van der Waals surface area contributed by atoms with E-state index < -0.39 is 0 Å². The van der Waals surface area contributed by atoms with Gasteiger partial charge in [0, 0.05) is 22.1 Å². The van der Waals surface area contributed by atoms with Gasteiger partial charge in [0.25, 0.3) is 0 Å². The highest BCUT2D eigenvalue weighted by Gasteiger charge is 2.16. The number of halogens is 1. The van der Waals surface area contributed by atoms with E-state index in [1.165, 1.54) is 0 Å². The summed E-state index contributed by atoms with van der Waals surface area (Å²) in [4.78, 5) is 0. The first-order valence-corrected chi connectivity index (χ1v) is 7.34. The molecular weight excluding hydrogens is 334 g/mol. The summed E-state index contributed by atoms with van der Waals surface area (Å²) >= 11 is 3.57. The molecule has 21 heavy (non-hydrogen) atoms. The zero-order valence-electron chi connectivity index (χ0n) is 11.0. The van der Waals surface area contributed by atoms with Crippen molar-refractivity contribution in [2.75, 3.05) is 12.1 Å². The molecule has 0 saturated carbocycles. The zero-order valence-corrected chi connectivity index (χ0v) is 12.6. The van der Waals surface area contributed by atoms with Crippen molar-refractivity contribution < 1.29 is 9.47 Å². The van der Waals surface area contributed by atoms with Crippen LogP contribution in [-0.4, -0.2) is 17.0 Å². The third kappa shape index (κ3) is 2.31. The molecule has 3 aromatic rings. The van der Waals surface area contributed by atoms with Gasteiger partial charge >= 0.3 is 0 Å². The number of hydrogen-bond donors (Lipinski definition) is 2. The lowest BCUT2D eigenvalue weighted by Crippen LogP contribution is -2.00. The molecule has 0 bridgehead atoms. The van der Waals surface area contributed by atoms with E-state index in [1.54, 1.807) is 0 Å². The van der Waals surface area contributed by atoms with E-state index in [9.17, 15) is 0 Å². The van der Waals surface area contributed by atoms with Gasteiger partial charge in [0.2, 0.25) is 6.79 Å². The van der Waals surface area contributed by atoms with Gasteiger partial charge in [-0.15, -0.1) is 0 Å². The van der Waals surface area contributed by atoms with Crippen LogP contribution in [0.1, 0.15) is 5.56 Å². The number of aromatic nitrogens is 2. The number of H-pyrrole nitrogens is 1. The van der Waals surface area contributed by atoms with Crippen LogP contribution in [-0.2, 0) is 6.54 Å². The molecule has 4 rings (SSSR count). The second-order valence-electron chi connectivity index (χ2n) is 4.82. The van der Waals surface area contributed by atoms with Crippen molar-refractivity contribution in [3.05, 3.63) is 46.6 Å². The second-order valence-corrected chi connectivity index (χ2v) is 5.68. The van der Waals surface area contributed by atoms with Crippen molar-refractivity contribution in [3.63, 3.8) is 0 Å². The topological polar surface area (TPSA) is 59.2 Å². The summed E-state index contributed by atoms with van der Waals surface area (Å²) in [5, 5.41) is 11.5. The fraction of sp³-hybridized carbons (Fsp3) is 0.133. The van der Waals surface area contributed by atoms with Gasteiger partial charge in [-0.1, -0.05) is 15.9 Å². The van der Waals surface area contributed by atoms with Gasteiger partial charge in [-0.3, -0.25) is 5.10 Å². The van der Waals surface area contributed by atoms with E-state index in [4.69, 9.17) is 9.47 Å². The molecule has 1 aliphatic heterocycles. The SMILES string of the molecule is Brc1cc2c(cc1CNc1ccc3[nH]ncc3c1)OCO2. The van der Waals surface area contributed by atoms with E-state index in [0.29, 0.717) is 6.54 Å². The van der Waals surface area contributed by atoms with Gasteiger partial charge in [0.1, 0.15) is 0 Å². The number of rotatable bonds is 3. The molecule has 0 fully saturated rings. The Labute approximate surface area is 129 Å². The van der Waals surface area contributed by atoms with Gasteiger partial charge in [-0.2, -0.15) is 5.10 Å². The number of ether oxygens (including phenoxy) is 2. The fourth-order valence-corrected chi connectivity index (χ4v) is 2.81. The summed E-state index contributed by atoms with van der Waals surface area (Å²) in [7, 11) is 0. The molecule has 0 unspecified atom stereocenters. The molecule has 0 amide bonds. The third-order valence-corrected chi connectivity index (χ3v) is 4.20. The Bertz CT molecular complexity index is 816. The van der Waals surface area contributed by atoms with Crippen LogP contribution < -0.4 is 14.8 Å². The van der Waals surface area contributed by atoms with E-state index in [0.717, 1.165) is 38.1 Å². The van der Waals surface area contributed by atoms with Crippen molar-refractivity contribution >= 4 is 32.5 Å².